The van der Waals surface area contributed by atoms with Crippen molar-refractivity contribution < 1.29 is 9.47 Å². The molecule has 2 aromatic heterocycles. The lowest BCUT2D eigenvalue weighted by atomic mass is 10.1. The predicted octanol–water partition coefficient (Wildman–Crippen LogP) is 3.53. The lowest BCUT2D eigenvalue weighted by molar-refractivity contribution is 0.395. The van der Waals surface area contributed by atoms with E-state index in [1.165, 1.54) is 14.2 Å². The van der Waals surface area contributed by atoms with E-state index in [4.69, 9.17) is 38.4 Å². The summed E-state index contributed by atoms with van der Waals surface area (Å²) in [5, 5.41) is 8.15. The Kier molecular flexibility index (Phi) is 3.72. The molecule has 3 aromatic rings. The molecule has 22 heavy (non-hydrogen) atoms. The fourth-order valence-electron chi connectivity index (χ4n) is 2.17. The highest BCUT2D eigenvalue weighted by Gasteiger charge is 2.20. The zero-order chi connectivity index (χ0) is 15.9. The van der Waals surface area contributed by atoms with Crippen LogP contribution >= 0.6 is 23.2 Å². The smallest absolute Gasteiger partial charge is 0.183 e. The SMILES string of the molecule is COc1cc(OC)c(Cl)c(-c2ccc3c(N)[nH]nc3n2)c1Cl. The summed E-state index contributed by atoms with van der Waals surface area (Å²) in [6, 6.07) is 5.19. The van der Waals surface area contributed by atoms with Crippen molar-refractivity contribution in [3.8, 4) is 22.8 Å². The second kappa shape index (κ2) is 5.55. The summed E-state index contributed by atoms with van der Waals surface area (Å²) in [7, 11) is 3.03. The Bertz CT molecular complexity index is 835. The Labute approximate surface area is 136 Å². The normalized spacial score (nSPS) is 10.9. The summed E-state index contributed by atoms with van der Waals surface area (Å²) >= 11 is 12.8. The molecule has 0 saturated heterocycles. The summed E-state index contributed by atoms with van der Waals surface area (Å²) in [4.78, 5) is 4.44. The topological polar surface area (TPSA) is 86.0 Å². The molecule has 6 nitrogen and oxygen atoms in total. The number of aromatic amines is 1. The van der Waals surface area contributed by atoms with Crippen molar-refractivity contribution in [2.24, 2.45) is 0 Å². The van der Waals surface area contributed by atoms with Crippen LogP contribution in [0.25, 0.3) is 22.3 Å². The minimum Gasteiger partial charge on any atom is -0.495 e. The number of aromatic nitrogens is 3. The van der Waals surface area contributed by atoms with Gasteiger partial charge in [-0.2, -0.15) is 5.10 Å². The number of benzene rings is 1. The standard InChI is InChI=1S/C14H12Cl2N4O2/c1-21-8-5-9(22-2)12(16)10(11(8)15)7-4-3-6-13(17)19-20-14(6)18-7/h3-5H,1-2H3,(H3,17,18,19,20). The second-order valence-electron chi connectivity index (χ2n) is 4.49. The number of rotatable bonds is 3. The van der Waals surface area contributed by atoms with Crippen LogP contribution in [0.4, 0.5) is 5.82 Å². The maximum Gasteiger partial charge on any atom is 0.183 e. The van der Waals surface area contributed by atoms with Gasteiger partial charge >= 0.3 is 0 Å². The summed E-state index contributed by atoms with van der Waals surface area (Å²) in [6.07, 6.45) is 0. The minimum absolute atomic E-state index is 0.351. The number of fused-ring (bicyclic) bond motifs is 1. The molecule has 0 spiro atoms. The first-order valence-corrected chi connectivity index (χ1v) is 7.03. The Morgan fingerprint density at radius 3 is 2.32 bits per heavy atom. The maximum atomic E-state index is 6.38. The molecule has 0 atom stereocenters. The molecule has 3 rings (SSSR count). The van der Waals surface area contributed by atoms with Crippen LogP contribution < -0.4 is 15.2 Å². The van der Waals surface area contributed by atoms with Gasteiger partial charge in [0.1, 0.15) is 17.3 Å². The molecule has 0 fully saturated rings. The average molecular weight is 339 g/mol. The number of H-pyrrole nitrogens is 1. The fourth-order valence-corrected chi connectivity index (χ4v) is 2.86. The zero-order valence-corrected chi connectivity index (χ0v) is 13.3. The second-order valence-corrected chi connectivity index (χ2v) is 5.24. The molecule has 0 aliphatic rings. The van der Waals surface area contributed by atoms with Gasteiger partial charge in [0, 0.05) is 11.6 Å². The van der Waals surface area contributed by atoms with Gasteiger partial charge in [-0.1, -0.05) is 23.2 Å². The first-order chi connectivity index (χ1) is 10.6. The summed E-state index contributed by atoms with van der Waals surface area (Å²) in [5.74, 6) is 1.34. The molecule has 0 aliphatic heterocycles. The van der Waals surface area contributed by atoms with Crippen LogP contribution in [0.3, 0.4) is 0 Å². The molecular weight excluding hydrogens is 327 g/mol. The molecule has 0 radical (unpaired) electrons. The van der Waals surface area contributed by atoms with Crippen LogP contribution in [0.1, 0.15) is 0 Å². The number of nitrogens with zero attached hydrogens (tertiary/aromatic N) is 2. The van der Waals surface area contributed by atoms with Crippen molar-refractivity contribution >= 4 is 40.1 Å². The number of hydrogen-bond donors (Lipinski definition) is 2. The van der Waals surface area contributed by atoms with Crippen molar-refractivity contribution in [1.29, 1.82) is 0 Å². The van der Waals surface area contributed by atoms with E-state index in [2.05, 4.69) is 15.2 Å². The molecule has 1 aromatic carbocycles. The van der Waals surface area contributed by atoms with E-state index in [0.717, 1.165) is 5.39 Å². The summed E-state index contributed by atoms with van der Waals surface area (Å²) in [5.41, 5.74) is 7.31. The van der Waals surface area contributed by atoms with Crippen LogP contribution in [0.2, 0.25) is 10.0 Å². The maximum absolute atomic E-state index is 6.38. The van der Waals surface area contributed by atoms with Crippen LogP contribution in [0.5, 0.6) is 11.5 Å². The number of nitrogens with two attached hydrogens (primary N) is 1. The molecule has 0 amide bonds. The Morgan fingerprint density at radius 1 is 1.09 bits per heavy atom. The predicted molar refractivity (Wildman–Crippen MR) is 86.9 cm³/mol. The van der Waals surface area contributed by atoms with Gasteiger partial charge in [0.25, 0.3) is 0 Å². The highest BCUT2D eigenvalue weighted by atomic mass is 35.5. The number of halogens is 2. The van der Waals surface area contributed by atoms with E-state index in [9.17, 15) is 0 Å². The fraction of sp³-hybridized carbons (Fsp3) is 0.143. The van der Waals surface area contributed by atoms with Gasteiger partial charge in [-0.15, -0.1) is 0 Å². The third-order valence-corrected chi connectivity index (χ3v) is 4.03. The zero-order valence-electron chi connectivity index (χ0n) is 11.8. The molecule has 2 heterocycles. The van der Waals surface area contributed by atoms with Crippen molar-refractivity contribution in [1.82, 2.24) is 15.2 Å². The van der Waals surface area contributed by atoms with Crippen LogP contribution in [-0.2, 0) is 0 Å². The summed E-state index contributed by atoms with van der Waals surface area (Å²) < 4.78 is 10.5. The molecule has 114 valence electrons. The van der Waals surface area contributed by atoms with Gasteiger partial charge < -0.3 is 15.2 Å². The molecule has 3 N–H and O–H groups in total. The number of ether oxygens (including phenoxy) is 2. The van der Waals surface area contributed by atoms with Crippen molar-refractivity contribution in [2.75, 3.05) is 20.0 Å². The highest BCUT2D eigenvalue weighted by molar-refractivity contribution is 6.41. The number of anilines is 1. The average Bonchev–Trinajstić information content (AvgIpc) is 2.89. The quantitative estimate of drug-likeness (QED) is 0.762. The van der Waals surface area contributed by atoms with E-state index >= 15 is 0 Å². The first kappa shape index (κ1) is 14.7. The Balaban J connectivity index is 2.28. The Morgan fingerprint density at radius 2 is 1.73 bits per heavy atom. The van der Waals surface area contributed by atoms with Crippen LogP contribution in [0.15, 0.2) is 18.2 Å². The molecule has 0 aliphatic carbocycles. The van der Waals surface area contributed by atoms with E-state index in [1.807, 2.05) is 0 Å². The van der Waals surface area contributed by atoms with E-state index < -0.39 is 0 Å². The van der Waals surface area contributed by atoms with Crippen molar-refractivity contribution in [3.63, 3.8) is 0 Å². The van der Waals surface area contributed by atoms with Crippen molar-refractivity contribution in [3.05, 3.63) is 28.2 Å². The molecule has 8 heteroatoms. The number of nitrogens with one attached hydrogen (secondary N) is 1. The van der Waals surface area contributed by atoms with Gasteiger partial charge in [0.15, 0.2) is 5.65 Å². The molecule has 0 unspecified atom stereocenters. The monoisotopic (exact) mass is 338 g/mol. The molecule has 0 bridgehead atoms. The minimum atomic E-state index is 0.351. The van der Waals surface area contributed by atoms with Crippen molar-refractivity contribution in [2.45, 2.75) is 0 Å². The highest BCUT2D eigenvalue weighted by Crippen LogP contribution is 2.45. The lowest BCUT2D eigenvalue weighted by Crippen LogP contribution is -1.95. The summed E-state index contributed by atoms with van der Waals surface area (Å²) in [6.45, 7) is 0. The lowest BCUT2D eigenvalue weighted by Gasteiger charge is -2.14. The van der Waals surface area contributed by atoms with Gasteiger partial charge in [0.05, 0.1) is 35.3 Å². The number of pyridine rings is 1. The molecular formula is C14H12Cl2N4O2. The van der Waals surface area contributed by atoms with Gasteiger partial charge in [-0.05, 0) is 12.1 Å². The van der Waals surface area contributed by atoms with Gasteiger partial charge in [-0.3, -0.25) is 5.10 Å². The third kappa shape index (κ3) is 2.20. The largest absolute Gasteiger partial charge is 0.495 e. The Hall–Kier alpha value is -2.18. The first-order valence-electron chi connectivity index (χ1n) is 6.27. The number of methoxy groups -OCH3 is 2. The van der Waals surface area contributed by atoms with Crippen LogP contribution in [0, 0.1) is 0 Å². The third-order valence-electron chi connectivity index (χ3n) is 3.28. The number of nitrogen functional groups attached to an aromatic ring is 1. The number of hydrogen-bond acceptors (Lipinski definition) is 5. The van der Waals surface area contributed by atoms with Gasteiger partial charge in [-0.25, -0.2) is 4.98 Å². The van der Waals surface area contributed by atoms with E-state index in [1.54, 1.807) is 18.2 Å². The van der Waals surface area contributed by atoms with E-state index in [-0.39, 0.29) is 0 Å². The van der Waals surface area contributed by atoms with Crippen LogP contribution in [-0.4, -0.2) is 29.4 Å². The van der Waals surface area contributed by atoms with Gasteiger partial charge in [0.2, 0.25) is 0 Å². The molecule has 0 saturated carbocycles. The van der Waals surface area contributed by atoms with E-state index in [0.29, 0.717) is 44.3 Å².